The van der Waals surface area contributed by atoms with E-state index in [1.807, 2.05) is 6.07 Å². The van der Waals surface area contributed by atoms with Crippen LogP contribution in [0.15, 0.2) is 18.3 Å². The van der Waals surface area contributed by atoms with Crippen molar-refractivity contribution in [3.8, 4) is 5.75 Å². The van der Waals surface area contributed by atoms with Crippen LogP contribution in [0.5, 0.6) is 5.75 Å². The van der Waals surface area contributed by atoms with Crippen LogP contribution in [0.3, 0.4) is 0 Å². The molecular formula is C8H8ClMgNO. The van der Waals surface area contributed by atoms with Gasteiger partial charge >= 0.3 is 23.1 Å². The van der Waals surface area contributed by atoms with Crippen LogP contribution in [-0.4, -0.2) is 34.1 Å². The van der Waals surface area contributed by atoms with E-state index in [1.165, 1.54) is 12.8 Å². The van der Waals surface area contributed by atoms with E-state index in [0.29, 0.717) is 6.10 Å². The van der Waals surface area contributed by atoms with Gasteiger partial charge in [-0.1, -0.05) is 6.20 Å². The van der Waals surface area contributed by atoms with Crippen LogP contribution in [-0.2, 0) is 0 Å². The summed E-state index contributed by atoms with van der Waals surface area (Å²) in [5, 5.41) is 0. The Morgan fingerprint density at radius 3 is 2.75 bits per heavy atom. The normalized spacial score (nSPS) is 14.0. The smallest absolute Gasteiger partial charge is 1.00 e. The van der Waals surface area contributed by atoms with Crippen LogP contribution < -0.4 is 17.1 Å². The fraction of sp³-hybridized carbons (Fsp3) is 0.375. The van der Waals surface area contributed by atoms with E-state index in [1.54, 1.807) is 12.3 Å². The molecule has 0 amide bonds. The summed E-state index contributed by atoms with van der Waals surface area (Å²) in [6.45, 7) is 0. The first-order valence-corrected chi connectivity index (χ1v) is 3.44. The summed E-state index contributed by atoms with van der Waals surface area (Å²) in [5.74, 6) is 0.862. The van der Waals surface area contributed by atoms with Gasteiger partial charge in [0.15, 0.2) is 0 Å². The van der Waals surface area contributed by atoms with Crippen molar-refractivity contribution in [2.24, 2.45) is 0 Å². The molecule has 0 radical (unpaired) electrons. The molecule has 2 nitrogen and oxygen atoms in total. The Kier molecular flexibility index (Phi) is 5.62. The van der Waals surface area contributed by atoms with Gasteiger partial charge < -0.3 is 22.1 Å². The van der Waals surface area contributed by atoms with Gasteiger partial charge in [-0.05, 0) is 19.0 Å². The molecule has 1 heterocycles. The molecule has 0 bridgehead atoms. The van der Waals surface area contributed by atoms with Gasteiger partial charge in [0.25, 0.3) is 0 Å². The number of ether oxygens (including phenoxy) is 1. The van der Waals surface area contributed by atoms with Crippen LogP contribution in [0, 0.1) is 6.20 Å². The van der Waals surface area contributed by atoms with Gasteiger partial charge in [0, 0.05) is 5.75 Å². The molecule has 0 saturated heterocycles. The van der Waals surface area contributed by atoms with Gasteiger partial charge in [0.2, 0.25) is 0 Å². The number of hydrogen-bond donors (Lipinski definition) is 0. The second-order valence-corrected chi connectivity index (χ2v) is 2.44. The Hall–Kier alpha value is 0.00623. The van der Waals surface area contributed by atoms with Crippen molar-refractivity contribution in [3.63, 3.8) is 0 Å². The molecule has 2 rings (SSSR count). The molecule has 0 atom stereocenters. The van der Waals surface area contributed by atoms with E-state index in [0.717, 1.165) is 5.75 Å². The van der Waals surface area contributed by atoms with Crippen LogP contribution in [0.2, 0.25) is 0 Å². The summed E-state index contributed by atoms with van der Waals surface area (Å²) >= 11 is 0. The number of halogens is 1. The third-order valence-electron chi connectivity index (χ3n) is 1.42. The Bertz CT molecular complexity index is 216. The zero-order valence-corrected chi connectivity index (χ0v) is 8.83. The summed E-state index contributed by atoms with van der Waals surface area (Å²) in [6.07, 6.45) is 7.24. The number of hydrogen-bond acceptors (Lipinski definition) is 2. The van der Waals surface area contributed by atoms with E-state index >= 15 is 0 Å². The van der Waals surface area contributed by atoms with Gasteiger partial charge in [0.05, 0.1) is 6.10 Å². The fourth-order valence-electron chi connectivity index (χ4n) is 0.754. The summed E-state index contributed by atoms with van der Waals surface area (Å²) < 4.78 is 5.44. The summed E-state index contributed by atoms with van der Waals surface area (Å²) in [6, 6.07) is 3.64. The first kappa shape index (κ1) is 12.0. The predicted octanol–water partition coefficient (Wildman–Crippen LogP) is -1.95. The molecule has 12 heavy (non-hydrogen) atoms. The third-order valence-corrected chi connectivity index (χ3v) is 1.42. The number of aromatic nitrogens is 1. The predicted molar refractivity (Wildman–Crippen MR) is 42.5 cm³/mol. The number of rotatable bonds is 2. The minimum absolute atomic E-state index is 0. The molecule has 1 aliphatic carbocycles. The van der Waals surface area contributed by atoms with Crippen molar-refractivity contribution in [3.05, 3.63) is 24.5 Å². The second-order valence-electron chi connectivity index (χ2n) is 2.44. The Morgan fingerprint density at radius 1 is 1.50 bits per heavy atom. The molecule has 0 spiro atoms. The second kappa shape index (κ2) is 5.62. The molecule has 1 saturated carbocycles. The molecule has 1 aromatic heterocycles. The van der Waals surface area contributed by atoms with Gasteiger partial charge in [-0.15, -0.1) is 6.07 Å². The largest absolute Gasteiger partial charge is 2.00 e. The molecule has 1 fully saturated rings. The summed E-state index contributed by atoms with van der Waals surface area (Å²) in [5.41, 5.74) is 0. The van der Waals surface area contributed by atoms with Crippen molar-refractivity contribution in [1.29, 1.82) is 0 Å². The molecule has 0 aromatic carbocycles. The monoisotopic (exact) mass is 193 g/mol. The maximum absolute atomic E-state index is 5.44. The van der Waals surface area contributed by atoms with Crippen LogP contribution >= 0.6 is 0 Å². The molecule has 0 N–H and O–H groups in total. The molecule has 4 heteroatoms. The van der Waals surface area contributed by atoms with Gasteiger partial charge in [-0.2, -0.15) is 6.07 Å². The standard InChI is InChI=1S/C8H8NO.ClH.Mg/c1-2-8(6-9-5-1)10-7-3-4-7;;/h1-2,6-7H,3-4H2;1H;/q-1;;+2/p-1. The van der Waals surface area contributed by atoms with E-state index in [2.05, 4.69) is 11.2 Å². The molecule has 60 valence electrons. The molecule has 1 aliphatic rings. The van der Waals surface area contributed by atoms with Gasteiger partial charge in [-0.3, -0.25) is 0 Å². The molecule has 1 aromatic rings. The fourth-order valence-corrected chi connectivity index (χ4v) is 0.754. The Labute approximate surface area is 94.3 Å². The molecule has 0 unspecified atom stereocenters. The molecule has 0 aliphatic heterocycles. The van der Waals surface area contributed by atoms with Crippen molar-refractivity contribution < 1.29 is 17.1 Å². The minimum Gasteiger partial charge on any atom is -1.00 e. The Morgan fingerprint density at radius 2 is 2.25 bits per heavy atom. The van der Waals surface area contributed by atoms with Crippen molar-refractivity contribution in [2.75, 3.05) is 0 Å². The van der Waals surface area contributed by atoms with Crippen molar-refractivity contribution in [2.45, 2.75) is 18.9 Å². The van der Waals surface area contributed by atoms with Crippen LogP contribution in [0.25, 0.3) is 0 Å². The van der Waals surface area contributed by atoms with Gasteiger partial charge in [0.1, 0.15) is 0 Å². The number of pyridine rings is 1. The average Bonchev–Trinajstić information content (AvgIpc) is 2.74. The molecular weight excluding hydrogens is 186 g/mol. The zero-order chi connectivity index (χ0) is 6.81. The average molecular weight is 194 g/mol. The zero-order valence-electron chi connectivity index (χ0n) is 6.66. The van der Waals surface area contributed by atoms with Gasteiger partial charge in [-0.25, -0.2) is 0 Å². The minimum atomic E-state index is 0. The summed E-state index contributed by atoms with van der Waals surface area (Å²) in [4.78, 5) is 3.82. The maximum Gasteiger partial charge on any atom is 2.00 e. The van der Waals surface area contributed by atoms with Crippen molar-refractivity contribution in [1.82, 2.24) is 4.98 Å². The van der Waals surface area contributed by atoms with Crippen molar-refractivity contribution >= 4 is 23.1 Å². The first-order valence-electron chi connectivity index (χ1n) is 3.44. The van der Waals surface area contributed by atoms with E-state index in [4.69, 9.17) is 4.74 Å². The quantitative estimate of drug-likeness (QED) is 0.403. The van der Waals surface area contributed by atoms with Crippen LogP contribution in [0.4, 0.5) is 0 Å². The maximum atomic E-state index is 5.44. The van der Waals surface area contributed by atoms with E-state index < -0.39 is 0 Å². The summed E-state index contributed by atoms with van der Waals surface area (Å²) in [7, 11) is 0. The van der Waals surface area contributed by atoms with Crippen LogP contribution in [0.1, 0.15) is 12.8 Å². The third kappa shape index (κ3) is 3.60. The van der Waals surface area contributed by atoms with E-state index in [9.17, 15) is 0 Å². The number of nitrogens with zero attached hydrogens (tertiary/aromatic N) is 1. The first-order chi connectivity index (χ1) is 4.95. The topological polar surface area (TPSA) is 22.1 Å². The SMILES string of the molecule is [Cl-].[Mg+2].[c-]1ccc(OC2CC2)cn1. The van der Waals surface area contributed by atoms with E-state index in [-0.39, 0.29) is 35.5 Å². The Balaban J connectivity index is 0.000000605.